The van der Waals surface area contributed by atoms with E-state index < -0.39 is 0 Å². The van der Waals surface area contributed by atoms with Crippen LogP contribution in [-0.2, 0) is 19.4 Å². The van der Waals surface area contributed by atoms with E-state index in [0.717, 1.165) is 34.8 Å². The van der Waals surface area contributed by atoms with Gasteiger partial charge in [0.15, 0.2) is 0 Å². The number of nitriles is 1. The van der Waals surface area contributed by atoms with E-state index in [9.17, 15) is 5.26 Å². The van der Waals surface area contributed by atoms with Crippen LogP contribution >= 0.6 is 12.4 Å². The molecule has 3 nitrogen and oxygen atoms in total. The predicted octanol–water partition coefficient (Wildman–Crippen LogP) is 6.28. The van der Waals surface area contributed by atoms with Crippen LogP contribution in [0.3, 0.4) is 0 Å². The predicted molar refractivity (Wildman–Crippen MR) is 133 cm³/mol. The molecule has 3 aromatic rings. The monoisotopic (exact) mass is 446 g/mol. The van der Waals surface area contributed by atoms with Gasteiger partial charge in [-0.3, -0.25) is 0 Å². The van der Waals surface area contributed by atoms with Crippen LogP contribution in [0.5, 0.6) is 5.75 Å². The van der Waals surface area contributed by atoms with Crippen LogP contribution in [0.15, 0.2) is 66.7 Å². The van der Waals surface area contributed by atoms with E-state index in [1.807, 2.05) is 24.3 Å². The van der Waals surface area contributed by atoms with E-state index in [-0.39, 0.29) is 12.4 Å². The zero-order valence-corrected chi connectivity index (χ0v) is 19.7. The molecule has 0 spiro atoms. The molecule has 0 aliphatic heterocycles. The molecule has 32 heavy (non-hydrogen) atoms. The number of ether oxygens (including phenoxy) is 1. The van der Waals surface area contributed by atoms with Crippen molar-refractivity contribution in [1.29, 1.82) is 5.26 Å². The third-order valence-corrected chi connectivity index (χ3v) is 6.21. The number of aryl methyl sites for hydroxylation is 1. The summed E-state index contributed by atoms with van der Waals surface area (Å²) in [6.07, 6.45) is 4.89. The lowest BCUT2D eigenvalue weighted by Crippen LogP contribution is -2.21. The molecule has 0 bridgehead atoms. The number of nitrogens with zero attached hydrogens (tertiary/aromatic N) is 2. The molecule has 0 amide bonds. The molecule has 1 atom stereocenters. The van der Waals surface area contributed by atoms with Crippen molar-refractivity contribution < 1.29 is 4.74 Å². The first-order valence-corrected chi connectivity index (χ1v) is 11.1. The third kappa shape index (κ3) is 5.91. The Labute approximate surface area is 198 Å². The van der Waals surface area contributed by atoms with Crippen molar-refractivity contribution in [2.24, 2.45) is 5.92 Å². The first-order valence-electron chi connectivity index (χ1n) is 11.1. The van der Waals surface area contributed by atoms with Crippen molar-refractivity contribution in [3.63, 3.8) is 0 Å². The molecule has 0 heterocycles. The summed E-state index contributed by atoms with van der Waals surface area (Å²) >= 11 is 0. The Morgan fingerprint density at radius 2 is 1.78 bits per heavy atom. The van der Waals surface area contributed by atoms with Crippen LogP contribution in [0.4, 0.5) is 0 Å². The second-order valence-electron chi connectivity index (χ2n) is 8.77. The van der Waals surface area contributed by atoms with E-state index in [4.69, 9.17) is 4.74 Å². The molecule has 0 radical (unpaired) electrons. The topological polar surface area (TPSA) is 36.3 Å². The average Bonchev–Trinajstić information content (AvgIpc) is 2.81. The normalized spacial score (nSPS) is 14.9. The zero-order chi connectivity index (χ0) is 21.6. The molecule has 4 heteroatoms. The quantitative estimate of drug-likeness (QED) is 0.428. The van der Waals surface area contributed by atoms with Crippen molar-refractivity contribution in [3.05, 3.63) is 89.0 Å². The number of hydrogen-bond donors (Lipinski definition) is 0. The smallest absolute Gasteiger partial charge is 0.120 e. The molecule has 3 aromatic carbocycles. The standard InChI is InChI=1S/C28H30N2O.ClH/c1-30(2)16-15-21-7-12-25-18-27(14-13-24(25)17-21)31-20-22-8-10-23(11-9-22)28-6-4-3-5-26(28)19-29;/h3-6,8-11,13-14,18,21H,7,12,15-17,20H2,1-2H3;1H. The molecular formula is C28H31ClN2O. The molecule has 0 aromatic heterocycles. The summed E-state index contributed by atoms with van der Waals surface area (Å²) in [7, 11) is 4.30. The lowest BCUT2D eigenvalue weighted by atomic mass is 9.82. The SMILES string of the molecule is CN(C)CCC1CCc2cc(OCc3ccc(-c4ccccc4C#N)cc3)ccc2C1.Cl. The lowest BCUT2D eigenvalue weighted by molar-refractivity contribution is 0.304. The maximum Gasteiger partial charge on any atom is 0.120 e. The maximum atomic E-state index is 9.32. The van der Waals surface area contributed by atoms with E-state index in [2.05, 4.69) is 67.5 Å². The van der Waals surface area contributed by atoms with Gasteiger partial charge in [0.1, 0.15) is 12.4 Å². The van der Waals surface area contributed by atoms with E-state index >= 15 is 0 Å². The van der Waals surface area contributed by atoms with E-state index in [0.29, 0.717) is 12.2 Å². The van der Waals surface area contributed by atoms with Gasteiger partial charge in [-0.2, -0.15) is 5.26 Å². The largest absolute Gasteiger partial charge is 0.489 e. The molecule has 0 saturated carbocycles. The van der Waals surface area contributed by atoms with E-state index in [1.54, 1.807) is 0 Å². The zero-order valence-electron chi connectivity index (χ0n) is 18.9. The highest BCUT2D eigenvalue weighted by Crippen LogP contribution is 2.31. The summed E-state index contributed by atoms with van der Waals surface area (Å²) in [6.45, 7) is 1.71. The van der Waals surface area contributed by atoms with Gasteiger partial charge in [0, 0.05) is 0 Å². The average molecular weight is 447 g/mol. The Kier molecular flexibility index (Phi) is 8.33. The molecule has 0 N–H and O–H groups in total. The molecular weight excluding hydrogens is 416 g/mol. The molecule has 0 saturated heterocycles. The minimum Gasteiger partial charge on any atom is -0.489 e. The Balaban J connectivity index is 0.00000289. The third-order valence-electron chi connectivity index (χ3n) is 6.21. The van der Waals surface area contributed by atoms with Gasteiger partial charge in [0.25, 0.3) is 0 Å². The fraction of sp³-hybridized carbons (Fsp3) is 0.321. The minimum atomic E-state index is 0. The Morgan fingerprint density at radius 3 is 2.53 bits per heavy atom. The van der Waals surface area contributed by atoms with Crippen molar-refractivity contribution in [3.8, 4) is 22.9 Å². The summed E-state index contributed by atoms with van der Waals surface area (Å²) in [5.74, 6) is 1.75. The Bertz CT molecular complexity index is 1070. The number of fused-ring (bicyclic) bond motifs is 1. The summed E-state index contributed by atoms with van der Waals surface area (Å²) in [5, 5.41) is 9.32. The number of benzene rings is 3. The number of rotatable bonds is 7. The van der Waals surface area contributed by atoms with Gasteiger partial charge in [0.2, 0.25) is 0 Å². The van der Waals surface area contributed by atoms with Crippen LogP contribution in [0, 0.1) is 17.2 Å². The molecule has 166 valence electrons. The fourth-order valence-electron chi connectivity index (χ4n) is 4.36. The molecule has 1 unspecified atom stereocenters. The van der Waals surface area contributed by atoms with Crippen molar-refractivity contribution >= 4 is 12.4 Å². The second-order valence-corrected chi connectivity index (χ2v) is 8.77. The molecule has 1 aliphatic rings. The van der Waals surface area contributed by atoms with Gasteiger partial charge in [-0.05, 0) is 98.3 Å². The van der Waals surface area contributed by atoms with Crippen LogP contribution in [0.1, 0.15) is 35.1 Å². The number of halogens is 1. The van der Waals surface area contributed by atoms with Gasteiger partial charge in [0.05, 0.1) is 11.6 Å². The highest BCUT2D eigenvalue weighted by molar-refractivity contribution is 5.85. The van der Waals surface area contributed by atoms with Crippen LogP contribution in [0.25, 0.3) is 11.1 Å². The Hall–Kier alpha value is -2.80. The fourth-order valence-corrected chi connectivity index (χ4v) is 4.36. The number of hydrogen-bond acceptors (Lipinski definition) is 3. The molecule has 1 aliphatic carbocycles. The summed E-state index contributed by atoms with van der Waals surface area (Å²) in [5.41, 5.74) is 6.78. The van der Waals surface area contributed by atoms with E-state index in [1.165, 1.54) is 36.9 Å². The molecule has 0 fully saturated rings. The van der Waals surface area contributed by atoms with Crippen LogP contribution in [-0.4, -0.2) is 25.5 Å². The summed E-state index contributed by atoms with van der Waals surface area (Å²) < 4.78 is 6.10. The van der Waals surface area contributed by atoms with Crippen molar-refractivity contribution in [2.45, 2.75) is 32.3 Å². The molecule has 4 rings (SSSR count). The summed E-state index contributed by atoms with van der Waals surface area (Å²) in [6, 6.07) is 24.9. The highest BCUT2D eigenvalue weighted by atomic mass is 35.5. The van der Waals surface area contributed by atoms with Gasteiger partial charge in [-0.25, -0.2) is 0 Å². The van der Waals surface area contributed by atoms with Crippen LogP contribution < -0.4 is 4.74 Å². The highest BCUT2D eigenvalue weighted by Gasteiger charge is 2.19. The first kappa shape index (κ1) is 23.9. The van der Waals surface area contributed by atoms with Gasteiger partial charge in [-0.1, -0.05) is 48.5 Å². The van der Waals surface area contributed by atoms with Crippen LogP contribution in [0.2, 0.25) is 0 Å². The lowest BCUT2D eigenvalue weighted by Gasteiger charge is -2.26. The minimum absolute atomic E-state index is 0. The second kappa shape index (κ2) is 11.2. The van der Waals surface area contributed by atoms with Crippen molar-refractivity contribution in [1.82, 2.24) is 4.90 Å². The summed E-state index contributed by atoms with van der Waals surface area (Å²) in [4.78, 5) is 2.28. The first-order chi connectivity index (χ1) is 15.1. The van der Waals surface area contributed by atoms with Gasteiger partial charge in [-0.15, -0.1) is 12.4 Å². The van der Waals surface area contributed by atoms with Crippen molar-refractivity contribution in [2.75, 3.05) is 20.6 Å². The van der Waals surface area contributed by atoms with Gasteiger partial charge >= 0.3 is 0 Å². The maximum absolute atomic E-state index is 9.32. The van der Waals surface area contributed by atoms with Gasteiger partial charge < -0.3 is 9.64 Å². The Morgan fingerprint density at radius 1 is 1.00 bits per heavy atom.